The highest BCUT2D eigenvalue weighted by Crippen LogP contribution is 2.20. The number of hydrogen-bond acceptors (Lipinski definition) is 5. The fraction of sp³-hybridized carbons (Fsp3) is 0.375. The summed E-state index contributed by atoms with van der Waals surface area (Å²) in [5.41, 5.74) is 2.24. The van der Waals surface area contributed by atoms with E-state index in [1.165, 1.54) is 17.3 Å². The van der Waals surface area contributed by atoms with Crippen molar-refractivity contribution >= 4 is 17.7 Å². The van der Waals surface area contributed by atoms with E-state index in [-0.39, 0.29) is 11.7 Å². The van der Waals surface area contributed by atoms with Gasteiger partial charge in [-0.25, -0.2) is 4.98 Å². The Morgan fingerprint density at radius 1 is 1.39 bits per heavy atom. The SMILES string of the molecule is CCc1ccc(-c2nc(SCC(=O)N(C)CCC#N)n[nH]2)cc1. The molecule has 23 heavy (non-hydrogen) atoms. The molecule has 0 radical (unpaired) electrons. The summed E-state index contributed by atoms with van der Waals surface area (Å²) in [6.07, 6.45) is 1.34. The molecule has 1 heterocycles. The van der Waals surface area contributed by atoms with Crippen LogP contribution in [0.3, 0.4) is 0 Å². The highest BCUT2D eigenvalue weighted by Gasteiger charge is 2.12. The summed E-state index contributed by atoms with van der Waals surface area (Å²) >= 11 is 1.29. The first-order valence-corrected chi connectivity index (χ1v) is 8.38. The molecule has 1 N–H and O–H groups in total. The topological polar surface area (TPSA) is 85.7 Å². The van der Waals surface area contributed by atoms with E-state index in [1.807, 2.05) is 18.2 Å². The van der Waals surface area contributed by atoms with E-state index in [4.69, 9.17) is 5.26 Å². The second-order valence-corrected chi connectivity index (χ2v) is 5.97. The molecule has 2 aromatic rings. The van der Waals surface area contributed by atoms with Gasteiger partial charge in [0, 0.05) is 19.2 Å². The Morgan fingerprint density at radius 3 is 2.78 bits per heavy atom. The van der Waals surface area contributed by atoms with Crippen molar-refractivity contribution in [1.29, 1.82) is 5.26 Å². The lowest BCUT2D eigenvalue weighted by Gasteiger charge is -2.14. The maximum absolute atomic E-state index is 11.9. The molecule has 1 amide bonds. The standard InChI is InChI=1S/C16H19N5OS/c1-3-12-5-7-13(8-6-12)15-18-16(20-19-15)23-11-14(22)21(2)10-4-9-17/h5-8H,3-4,10-11H2,1-2H3,(H,18,19,20). The van der Waals surface area contributed by atoms with Crippen LogP contribution in [0.15, 0.2) is 29.4 Å². The Kier molecular flexibility index (Phi) is 6.18. The van der Waals surface area contributed by atoms with Gasteiger partial charge in [0.1, 0.15) is 0 Å². The minimum Gasteiger partial charge on any atom is -0.344 e. The monoisotopic (exact) mass is 329 g/mol. The molecular weight excluding hydrogens is 310 g/mol. The highest BCUT2D eigenvalue weighted by atomic mass is 32.2. The molecule has 7 heteroatoms. The second-order valence-electron chi connectivity index (χ2n) is 5.03. The van der Waals surface area contributed by atoms with E-state index < -0.39 is 0 Å². The molecular formula is C16H19N5OS. The predicted molar refractivity (Wildman–Crippen MR) is 89.8 cm³/mol. The number of aryl methyl sites for hydroxylation is 1. The van der Waals surface area contributed by atoms with Crippen LogP contribution in [0.2, 0.25) is 0 Å². The molecule has 1 aromatic carbocycles. The van der Waals surface area contributed by atoms with Gasteiger partial charge in [0.2, 0.25) is 11.1 Å². The molecule has 0 aliphatic carbocycles. The Balaban J connectivity index is 1.92. The molecule has 0 saturated carbocycles. The summed E-state index contributed by atoms with van der Waals surface area (Å²) in [5.74, 6) is 0.915. The Bertz CT molecular complexity index is 689. The molecule has 0 aliphatic heterocycles. The average molecular weight is 329 g/mol. The van der Waals surface area contributed by atoms with Crippen LogP contribution >= 0.6 is 11.8 Å². The van der Waals surface area contributed by atoms with Crippen LogP contribution in [0, 0.1) is 11.3 Å². The third kappa shape index (κ3) is 4.83. The molecule has 2 rings (SSSR count). The van der Waals surface area contributed by atoms with Crippen LogP contribution in [-0.2, 0) is 11.2 Å². The molecule has 6 nitrogen and oxygen atoms in total. The lowest BCUT2D eigenvalue weighted by molar-refractivity contribution is -0.127. The number of carbonyl (C=O) groups is 1. The summed E-state index contributed by atoms with van der Waals surface area (Å²) in [6, 6.07) is 10.2. The first-order chi connectivity index (χ1) is 11.1. The van der Waals surface area contributed by atoms with Gasteiger partial charge in [-0.15, -0.1) is 5.10 Å². The Hall–Kier alpha value is -2.33. The number of aromatic nitrogens is 3. The van der Waals surface area contributed by atoms with Gasteiger partial charge < -0.3 is 4.90 Å². The number of nitrogens with one attached hydrogen (secondary N) is 1. The Morgan fingerprint density at radius 2 is 2.13 bits per heavy atom. The largest absolute Gasteiger partial charge is 0.344 e. The lowest BCUT2D eigenvalue weighted by atomic mass is 10.1. The molecule has 1 aromatic heterocycles. The quantitative estimate of drug-likeness (QED) is 0.789. The van der Waals surface area contributed by atoms with Crippen LogP contribution in [0.4, 0.5) is 0 Å². The van der Waals surface area contributed by atoms with Gasteiger partial charge in [-0.1, -0.05) is 43.0 Å². The molecule has 0 fully saturated rings. The third-order valence-electron chi connectivity index (χ3n) is 3.41. The molecule has 0 bridgehead atoms. The normalized spacial score (nSPS) is 10.3. The summed E-state index contributed by atoms with van der Waals surface area (Å²) in [7, 11) is 1.69. The zero-order valence-corrected chi connectivity index (χ0v) is 14.1. The summed E-state index contributed by atoms with van der Waals surface area (Å²) in [5, 5.41) is 16.1. The van der Waals surface area contributed by atoms with Gasteiger partial charge >= 0.3 is 0 Å². The first-order valence-electron chi connectivity index (χ1n) is 7.39. The molecule has 0 spiro atoms. The summed E-state index contributed by atoms with van der Waals surface area (Å²) in [4.78, 5) is 17.9. The van der Waals surface area contributed by atoms with Crippen molar-refractivity contribution in [3.63, 3.8) is 0 Å². The minimum absolute atomic E-state index is 0.0381. The number of H-pyrrole nitrogens is 1. The average Bonchev–Trinajstić information content (AvgIpc) is 3.06. The maximum Gasteiger partial charge on any atom is 0.232 e. The van der Waals surface area contributed by atoms with Crippen molar-refractivity contribution in [2.45, 2.75) is 24.9 Å². The van der Waals surface area contributed by atoms with E-state index in [1.54, 1.807) is 11.9 Å². The number of benzene rings is 1. The van der Waals surface area contributed by atoms with Crippen molar-refractivity contribution < 1.29 is 4.79 Å². The van der Waals surface area contributed by atoms with E-state index >= 15 is 0 Å². The maximum atomic E-state index is 11.9. The number of carbonyl (C=O) groups excluding carboxylic acids is 1. The zero-order valence-electron chi connectivity index (χ0n) is 13.2. The van der Waals surface area contributed by atoms with Gasteiger partial charge in [0.05, 0.1) is 18.2 Å². The first kappa shape index (κ1) is 17.0. The van der Waals surface area contributed by atoms with E-state index in [2.05, 4.69) is 34.2 Å². The van der Waals surface area contributed by atoms with Crippen LogP contribution in [0.1, 0.15) is 18.9 Å². The number of rotatable bonds is 7. The van der Waals surface area contributed by atoms with Crippen molar-refractivity contribution in [2.75, 3.05) is 19.3 Å². The number of nitrogens with zero attached hydrogens (tertiary/aromatic N) is 4. The van der Waals surface area contributed by atoms with Crippen LogP contribution in [0.25, 0.3) is 11.4 Å². The zero-order chi connectivity index (χ0) is 16.7. The fourth-order valence-corrected chi connectivity index (χ4v) is 2.66. The third-order valence-corrected chi connectivity index (χ3v) is 4.24. The van der Waals surface area contributed by atoms with Crippen molar-refractivity contribution in [1.82, 2.24) is 20.1 Å². The molecule has 0 atom stereocenters. The van der Waals surface area contributed by atoms with Gasteiger partial charge in [-0.05, 0) is 12.0 Å². The van der Waals surface area contributed by atoms with Crippen LogP contribution in [0.5, 0.6) is 0 Å². The number of amides is 1. The van der Waals surface area contributed by atoms with Gasteiger partial charge in [0.15, 0.2) is 5.82 Å². The highest BCUT2D eigenvalue weighted by molar-refractivity contribution is 7.99. The molecule has 0 saturated heterocycles. The Labute approximate surface area is 139 Å². The smallest absolute Gasteiger partial charge is 0.232 e. The summed E-state index contributed by atoms with van der Waals surface area (Å²) in [6.45, 7) is 2.56. The molecule has 0 aliphatic rings. The van der Waals surface area contributed by atoms with Gasteiger partial charge in [-0.2, -0.15) is 5.26 Å². The van der Waals surface area contributed by atoms with E-state index in [0.29, 0.717) is 23.9 Å². The van der Waals surface area contributed by atoms with Crippen molar-refractivity contribution in [3.8, 4) is 17.5 Å². The number of nitriles is 1. The molecule has 0 unspecified atom stereocenters. The van der Waals surface area contributed by atoms with Crippen LogP contribution in [-0.4, -0.2) is 45.3 Å². The number of aromatic amines is 1. The summed E-state index contributed by atoms with van der Waals surface area (Å²) < 4.78 is 0. The second kappa shape index (κ2) is 8.34. The minimum atomic E-state index is -0.0381. The fourth-order valence-electron chi connectivity index (χ4n) is 1.92. The van der Waals surface area contributed by atoms with E-state index in [0.717, 1.165) is 12.0 Å². The van der Waals surface area contributed by atoms with Crippen molar-refractivity contribution in [2.24, 2.45) is 0 Å². The number of hydrogen-bond donors (Lipinski definition) is 1. The molecule has 120 valence electrons. The van der Waals surface area contributed by atoms with Gasteiger partial charge in [-0.3, -0.25) is 9.89 Å². The van der Waals surface area contributed by atoms with Gasteiger partial charge in [0.25, 0.3) is 0 Å². The van der Waals surface area contributed by atoms with Crippen LogP contribution < -0.4 is 0 Å². The number of thioether (sulfide) groups is 1. The van der Waals surface area contributed by atoms with Crippen molar-refractivity contribution in [3.05, 3.63) is 29.8 Å². The van der Waals surface area contributed by atoms with E-state index in [9.17, 15) is 4.79 Å². The lowest BCUT2D eigenvalue weighted by Crippen LogP contribution is -2.29. The predicted octanol–water partition coefficient (Wildman–Crippen LogP) is 2.50.